The molecule has 0 radical (unpaired) electrons. The van der Waals surface area contributed by atoms with Crippen molar-refractivity contribution >= 4 is 23.5 Å². The third-order valence-corrected chi connectivity index (χ3v) is 3.61. The van der Waals surface area contributed by atoms with E-state index in [2.05, 4.69) is 4.90 Å². The van der Waals surface area contributed by atoms with Gasteiger partial charge in [-0.1, -0.05) is 18.2 Å². The topological polar surface area (TPSA) is 60.9 Å². The van der Waals surface area contributed by atoms with Gasteiger partial charge in [0, 0.05) is 38.8 Å². The molecule has 112 valence electrons. The van der Waals surface area contributed by atoms with Crippen LogP contribution in [0.4, 0.5) is 5.69 Å². The average molecular weight is 288 g/mol. The summed E-state index contributed by atoms with van der Waals surface area (Å²) in [4.78, 5) is 26.6. The molecular formula is C16H20N2O3. The van der Waals surface area contributed by atoms with E-state index in [1.165, 1.54) is 6.08 Å². The molecule has 5 heteroatoms. The van der Waals surface area contributed by atoms with Gasteiger partial charge in [0.25, 0.3) is 0 Å². The highest BCUT2D eigenvalue weighted by molar-refractivity contribution is 5.95. The van der Waals surface area contributed by atoms with Crippen molar-refractivity contribution in [3.05, 3.63) is 35.9 Å². The Labute approximate surface area is 124 Å². The van der Waals surface area contributed by atoms with Gasteiger partial charge in [-0.25, -0.2) is 0 Å². The van der Waals surface area contributed by atoms with Crippen LogP contribution in [0.25, 0.3) is 6.08 Å². The maximum Gasteiger partial charge on any atom is 0.219 e. The van der Waals surface area contributed by atoms with Gasteiger partial charge in [-0.15, -0.1) is 0 Å². The Bertz CT molecular complexity index is 546. The van der Waals surface area contributed by atoms with Crippen LogP contribution in [-0.2, 0) is 9.59 Å². The largest absolute Gasteiger partial charge is 0.388 e. The highest BCUT2D eigenvalue weighted by atomic mass is 16.3. The van der Waals surface area contributed by atoms with Crippen LogP contribution >= 0.6 is 0 Å². The molecule has 1 aromatic carbocycles. The Morgan fingerprint density at radius 2 is 1.86 bits per heavy atom. The number of anilines is 1. The minimum absolute atomic E-state index is 0.108. The smallest absolute Gasteiger partial charge is 0.219 e. The molecule has 1 N–H and O–H groups in total. The number of hydrogen-bond acceptors (Lipinski definition) is 4. The minimum Gasteiger partial charge on any atom is -0.388 e. The summed E-state index contributed by atoms with van der Waals surface area (Å²) in [5, 5.41) is 8.76. The Balaban J connectivity index is 2.12. The van der Waals surface area contributed by atoms with Crippen LogP contribution in [0.3, 0.4) is 0 Å². The quantitative estimate of drug-likeness (QED) is 0.837. The van der Waals surface area contributed by atoms with Gasteiger partial charge in [0.05, 0.1) is 0 Å². The van der Waals surface area contributed by atoms with Crippen LogP contribution in [0.1, 0.15) is 12.5 Å². The number of carbonyl (C=O) groups is 2. The van der Waals surface area contributed by atoms with Crippen LogP contribution in [0.2, 0.25) is 0 Å². The first-order valence-electron chi connectivity index (χ1n) is 7.03. The highest BCUT2D eigenvalue weighted by Crippen LogP contribution is 2.23. The maximum atomic E-state index is 11.4. The number of benzene rings is 1. The minimum atomic E-state index is -0.476. The lowest BCUT2D eigenvalue weighted by atomic mass is 10.1. The number of aliphatic hydroxyl groups excluding tert-OH is 1. The van der Waals surface area contributed by atoms with Crippen molar-refractivity contribution in [3.8, 4) is 0 Å². The Morgan fingerprint density at radius 3 is 2.48 bits per heavy atom. The first kappa shape index (κ1) is 15.3. The number of nitrogens with zero attached hydrogens (tertiary/aromatic N) is 2. The monoisotopic (exact) mass is 288 g/mol. The van der Waals surface area contributed by atoms with Crippen molar-refractivity contribution in [2.24, 2.45) is 0 Å². The summed E-state index contributed by atoms with van der Waals surface area (Å²) in [6.07, 6.45) is 3.12. The third-order valence-electron chi connectivity index (χ3n) is 3.61. The van der Waals surface area contributed by atoms with Gasteiger partial charge in [-0.2, -0.15) is 0 Å². The van der Waals surface area contributed by atoms with E-state index in [-0.39, 0.29) is 11.7 Å². The maximum absolute atomic E-state index is 11.4. The number of hydrogen-bond donors (Lipinski definition) is 1. The standard InChI is InChI=1S/C16H20N2O3/c1-13(20)17-8-10-18(11-9-17)16-5-3-2-4-14(16)6-7-15(21)12-19/h2-7,19H,8-12H2,1H3/b7-6+. The Hall–Kier alpha value is -2.14. The summed E-state index contributed by atoms with van der Waals surface area (Å²) in [6.45, 7) is 4.09. The van der Waals surface area contributed by atoms with Gasteiger partial charge in [0.1, 0.15) is 6.61 Å². The normalized spacial score (nSPS) is 15.5. The second-order valence-electron chi connectivity index (χ2n) is 5.01. The molecule has 0 unspecified atom stereocenters. The molecule has 5 nitrogen and oxygen atoms in total. The molecule has 0 spiro atoms. The molecule has 1 fully saturated rings. The lowest BCUT2D eigenvalue weighted by molar-refractivity contribution is -0.129. The number of amides is 1. The predicted molar refractivity (Wildman–Crippen MR) is 82.0 cm³/mol. The van der Waals surface area contributed by atoms with Crippen LogP contribution in [0.5, 0.6) is 0 Å². The summed E-state index contributed by atoms with van der Waals surface area (Å²) in [5.41, 5.74) is 1.98. The zero-order valence-corrected chi connectivity index (χ0v) is 12.2. The number of piperazine rings is 1. The molecule has 0 saturated carbocycles. The zero-order valence-electron chi connectivity index (χ0n) is 12.2. The fourth-order valence-electron chi connectivity index (χ4n) is 2.41. The van der Waals surface area contributed by atoms with Gasteiger partial charge in [0.2, 0.25) is 5.91 Å². The summed E-state index contributed by atoms with van der Waals surface area (Å²) >= 11 is 0. The van der Waals surface area contributed by atoms with Crippen LogP contribution < -0.4 is 4.90 Å². The molecule has 2 rings (SSSR count). The SMILES string of the molecule is CC(=O)N1CCN(c2ccccc2/C=C/C(=O)CO)CC1. The fourth-order valence-corrected chi connectivity index (χ4v) is 2.41. The van der Waals surface area contributed by atoms with Crippen LogP contribution in [0, 0.1) is 0 Å². The van der Waals surface area contributed by atoms with Crippen molar-refractivity contribution in [2.45, 2.75) is 6.92 Å². The average Bonchev–Trinajstić information content (AvgIpc) is 2.53. The van der Waals surface area contributed by atoms with Crippen LogP contribution in [-0.4, -0.2) is 54.5 Å². The number of ketones is 1. The molecule has 0 bridgehead atoms. The summed E-state index contributed by atoms with van der Waals surface area (Å²) in [7, 11) is 0. The fraction of sp³-hybridized carbons (Fsp3) is 0.375. The van der Waals surface area contributed by atoms with E-state index >= 15 is 0 Å². The molecule has 1 aliphatic heterocycles. The number of rotatable bonds is 4. The van der Waals surface area contributed by atoms with Gasteiger partial charge >= 0.3 is 0 Å². The lowest BCUT2D eigenvalue weighted by Gasteiger charge is -2.36. The van der Waals surface area contributed by atoms with Crippen LogP contribution in [0.15, 0.2) is 30.3 Å². The molecule has 0 aliphatic carbocycles. The molecule has 0 aromatic heterocycles. The van der Waals surface area contributed by atoms with Crippen molar-refractivity contribution in [1.82, 2.24) is 4.90 Å². The third kappa shape index (κ3) is 3.92. The van der Waals surface area contributed by atoms with E-state index in [4.69, 9.17) is 5.11 Å². The Morgan fingerprint density at radius 1 is 1.19 bits per heavy atom. The molecule has 1 aliphatic rings. The van der Waals surface area contributed by atoms with Gasteiger partial charge in [-0.05, 0) is 23.8 Å². The van der Waals surface area contributed by atoms with Crippen molar-refractivity contribution in [1.29, 1.82) is 0 Å². The van der Waals surface area contributed by atoms with E-state index in [0.717, 1.165) is 24.3 Å². The molecular weight excluding hydrogens is 268 g/mol. The van der Waals surface area contributed by atoms with Crippen molar-refractivity contribution < 1.29 is 14.7 Å². The highest BCUT2D eigenvalue weighted by Gasteiger charge is 2.19. The first-order chi connectivity index (χ1) is 10.1. The van der Waals surface area contributed by atoms with E-state index in [0.29, 0.717) is 13.1 Å². The van der Waals surface area contributed by atoms with Crippen molar-refractivity contribution in [2.75, 3.05) is 37.7 Å². The van der Waals surface area contributed by atoms with E-state index in [9.17, 15) is 9.59 Å². The number of carbonyl (C=O) groups excluding carboxylic acids is 2. The first-order valence-corrected chi connectivity index (χ1v) is 7.03. The van der Waals surface area contributed by atoms with Gasteiger partial charge in [0.15, 0.2) is 5.78 Å². The molecule has 0 atom stereocenters. The summed E-state index contributed by atoms with van der Waals surface area (Å²) < 4.78 is 0. The predicted octanol–water partition coefficient (Wildman–Crippen LogP) is 0.930. The van der Waals surface area contributed by atoms with Crippen molar-refractivity contribution in [3.63, 3.8) is 0 Å². The molecule has 21 heavy (non-hydrogen) atoms. The van der Waals surface area contributed by atoms with E-state index in [1.54, 1.807) is 13.0 Å². The molecule has 1 saturated heterocycles. The second-order valence-corrected chi connectivity index (χ2v) is 5.01. The molecule has 1 heterocycles. The van der Waals surface area contributed by atoms with E-state index in [1.807, 2.05) is 29.2 Å². The summed E-state index contributed by atoms with van der Waals surface area (Å²) in [6, 6.07) is 7.82. The van der Waals surface area contributed by atoms with Gasteiger partial charge in [-0.3, -0.25) is 9.59 Å². The zero-order chi connectivity index (χ0) is 15.2. The number of para-hydroxylation sites is 1. The molecule has 1 amide bonds. The Kier molecular flexibility index (Phi) is 5.11. The summed E-state index contributed by atoms with van der Waals surface area (Å²) in [5.74, 6) is -0.206. The number of aliphatic hydroxyl groups is 1. The second kappa shape index (κ2) is 7.04. The lowest BCUT2D eigenvalue weighted by Crippen LogP contribution is -2.48. The van der Waals surface area contributed by atoms with Gasteiger partial charge < -0.3 is 14.9 Å². The molecule has 1 aromatic rings. The van der Waals surface area contributed by atoms with E-state index < -0.39 is 6.61 Å².